The maximum Gasteiger partial charge on any atom is 0.226 e. The van der Waals surface area contributed by atoms with Gasteiger partial charge in [-0.3, -0.25) is 4.68 Å². The lowest BCUT2D eigenvalue weighted by Gasteiger charge is -2.23. The van der Waals surface area contributed by atoms with E-state index in [1.165, 1.54) is 32.1 Å². The largest absolute Gasteiger partial charge is 0.494 e. The van der Waals surface area contributed by atoms with Crippen LogP contribution < -0.4 is 15.4 Å². The van der Waals surface area contributed by atoms with Crippen molar-refractivity contribution < 1.29 is 4.74 Å². The molecule has 0 saturated heterocycles. The van der Waals surface area contributed by atoms with Gasteiger partial charge >= 0.3 is 0 Å². The monoisotopic (exact) mass is 366 g/mol. The van der Waals surface area contributed by atoms with Gasteiger partial charge in [-0.2, -0.15) is 15.1 Å². The van der Waals surface area contributed by atoms with E-state index in [1.807, 2.05) is 38.2 Å². The normalized spacial score (nSPS) is 15.0. The minimum absolute atomic E-state index is 0.447. The molecule has 2 heterocycles. The van der Waals surface area contributed by atoms with Crippen molar-refractivity contribution in [2.45, 2.75) is 45.1 Å². The summed E-state index contributed by atoms with van der Waals surface area (Å²) < 4.78 is 7.30. The smallest absolute Gasteiger partial charge is 0.226 e. The Labute approximate surface area is 159 Å². The van der Waals surface area contributed by atoms with Crippen LogP contribution in [0.3, 0.4) is 0 Å². The fourth-order valence-electron chi connectivity index (χ4n) is 3.55. The zero-order chi connectivity index (χ0) is 18.6. The summed E-state index contributed by atoms with van der Waals surface area (Å²) in [5, 5.41) is 12.2. The highest BCUT2D eigenvalue weighted by molar-refractivity contribution is 5.89. The molecule has 1 aliphatic rings. The van der Waals surface area contributed by atoms with Crippen molar-refractivity contribution in [1.29, 1.82) is 0 Å². The third-order valence-electron chi connectivity index (χ3n) is 4.96. The molecular weight excluding hydrogens is 340 g/mol. The molecular formula is C20H26N6O. The molecule has 0 bridgehead atoms. The van der Waals surface area contributed by atoms with Gasteiger partial charge in [-0.25, -0.2) is 0 Å². The molecule has 4 rings (SSSR count). The summed E-state index contributed by atoms with van der Waals surface area (Å²) in [7, 11) is 1.90. The first-order valence-electron chi connectivity index (χ1n) is 9.69. The molecule has 1 aromatic carbocycles. The summed E-state index contributed by atoms with van der Waals surface area (Å²) in [5.74, 6) is 2.28. The van der Waals surface area contributed by atoms with Crippen molar-refractivity contribution in [2.75, 3.05) is 17.2 Å². The molecule has 0 unspecified atom stereocenters. The topological polar surface area (TPSA) is 76.9 Å². The van der Waals surface area contributed by atoms with Crippen LogP contribution in [0.5, 0.6) is 5.75 Å². The first-order valence-corrected chi connectivity index (χ1v) is 9.69. The van der Waals surface area contributed by atoms with Gasteiger partial charge in [0.1, 0.15) is 11.6 Å². The number of fused-ring (bicyclic) bond motifs is 1. The van der Waals surface area contributed by atoms with Crippen LogP contribution in [0.4, 0.5) is 17.5 Å². The Hall–Kier alpha value is -2.83. The number of hydrogen-bond acceptors (Lipinski definition) is 6. The molecule has 0 amide bonds. The summed E-state index contributed by atoms with van der Waals surface area (Å²) in [5.41, 5.74) is 1.77. The SMILES string of the molecule is CCOc1ccc(Nc2nc(NC3CCCCC3)nc3c2cnn3C)cc1. The van der Waals surface area contributed by atoms with Gasteiger partial charge in [0.2, 0.25) is 5.95 Å². The molecule has 0 radical (unpaired) electrons. The molecule has 27 heavy (non-hydrogen) atoms. The Morgan fingerprint density at radius 2 is 1.89 bits per heavy atom. The van der Waals surface area contributed by atoms with E-state index in [0.717, 1.165) is 28.3 Å². The highest BCUT2D eigenvalue weighted by atomic mass is 16.5. The zero-order valence-electron chi connectivity index (χ0n) is 15.9. The molecule has 7 nitrogen and oxygen atoms in total. The third-order valence-corrected chi connectivity index (χ3v) is 4.96. The molecule has 0 spiro atoms. The molecule has 1 fully saturated rings. The van der Waals surface area contributed by atoms with E-state index in [0.29, 0.717) is 18.6 Å². The van der Waals surface area contributed by atoms with E-state index in [-0.39, 0.29) is 0 Å². The summed E-state index contributed by atoms with van der Waals surface area (Å²) in [6, 6.07) is 8.33. The lowest BCUT2D eigenvalue weighted by molar-refractivity contribution is 0.340. The Bertz CT molecular complexity index is 899. The van der Waals surface area contributed by atoms with Crippen molar-refractivity contribution in [3.63, 3.8) is 0 Å². The van der Waals surface area contributed by atoms with Crippen LogP contribution >= 0.6 is 0 Å². The number of rotatable bonds is 6. The van der Waals surface area contributed by atoms with Gasteiger partial charge in [0, 0.05) is 18.8 Å². The minimum atomic E-state index is 0.447. The van der Waals surface area contributed by atoms with Gasteiger partial charge in [0.05, 0.1) is 18.2 Å². The number of nitrogens with one attached hydrogen (secondary N) is 2. The molecule has 7 heteroatoms. The van der Waals surface area contributed by atoms with Crippen LogP contribution in [-0.4, -0.2) is 32.4 Å². The van der Waals surface area contributed by atoms with Crippen LogP contribution in [0.2, 0.25) is 0 Å². The van der Waals surface area contributed by atoms with E-state index in [4.69, 9.17) is 9.72 Å². The predicted octanol–water partition coefficient (Wildman–Crippen LogP) is 4.25. The average molecular weight is 366 g/mol. The quantitative estimate of drug-likeness (QED) is 0.679. The fraction of sp³-hybridized carbons (Fsp3) is 0.450. The van der Waals surface area contributed by atoms with Crippen molar-refractivity contribution in [2.24, 2.45) is 7.05 Å². The van der Waals surface area contributed by atoms with Gasteiger partial charge in [-0.15, -0.1) is 0 Å². The highest BCUT2D eigenvalue weighted by Gasteiger charge is 2.17. The lowest BCUT2D eigenvalue weighted by Crippen LogP contribution is -2.23. The molecule has 2 aromatic heterocycles. The molecule has 142 valence electrons. The van der Waals surface area contributed by atoms with Crippen molar-refractivity contribution in [3.05, 3.63) is 30.5 Å². The van der Waals surface area contributed by atoms with Crippen LogP contribution in [-0.2, 0) is 7.05 Å². The van der Waals surface area contributed by atoms with Crippen LogP contribution in [0.1, 0.15) is 39.0 Å². The van der Waals surface area contributed by atoms with Crippen molar-refractivity contribution >= 4 is 28.5 Å². The molecule has 3 aromatic rings. The molecule has 1 aliphatic carbocycles. The number of benzene rings is 1. The Balaban J connectivity index is 1.61. The number of nitrogens with zero attached hydrogens (tertiary/aromatic N) is 4. The first kappa shape index (κ1) is 17.6. The average Bonchev–Trinajstić information content (AvgIpc) is 3.06. The maximum atomic E-state index is 5.51. The highest BCUT2D eigenvalue weighted by Crippen LogP contribution is 2.27. The zero-order valence-corrected chi connectivity index (χ0v) is 15.9. The van der Waals surface area contributed by atoms with E-state index >= 15 is 0 Å². The van der Waals surface area contributed by atoms with Gasteiger partial charge in [-0.05, 0) is 44.0 Å². The molecule has 1 saturated carbocycles. The number of anilines is 3. The van der Waals surface area contributed by atoms with Gasteiger partial charge < -0.3 is 15.4 Å². The summed E-state index contributed by atoms with van der Waals surface area (Å²) in [6.07, 6.45) is 8.01. The van der Waals surface area contributed by atoms with Gasteiger partial charge in [0.15, 0.2) is 5.65 Å². The minimum Gasteiger partial charge on any atom is -0.494 e. The van der Waals surface area contributed by atoms with E-state index < -0.39 is 0 Å². The second-order valence-corrected chi connectivity index (χ2v) is 6.96. The first-order chi connectivity index (χ1) is 13.2. The van der Waals surface area contributed by atoms with E-state index in [2.05, 4.69) is 20.7 Å². The molecule has 0 aliphatic heterocycles. The number of ether oxygens (including phenoxy) is 1. The predicted molar refractivity (Wildman–Crippen MR) is 108 cm³/mol. The number of aryl methyl sites for hydroxylation is 1. The maximum absolute atomic E-state index is 5.51. The standard InChI is InChI=1S/C20H26N6O/c1-3-27-16-11-9-15(10-12-16)22-18-17-13-21-26(2)19(17)25-20(24-18)23-14-7-5-4-6-8-14/h9-14H,3-8H2,1-2H3,(H2,22,23,24,25). The third kappa shape index (κ3) is 3.97. The lowest BCUT2D eigenvalue weighted by atomic mass is 9.96. The molecule has 2 N–H and O–H groups in total. The Morgan fingerprint density at radius 1 is 1.11 bits per heavy atom. The fourth-order valence-corrected chi connectivity index (χ4v) is 3.55. The summed E-state index contributed by atoms with van der Waals surface area (Å²) in [6.45, 7) is 2.64. The van der Waals surface area contributed by atoms with E-state index in [9.17, 15) is 0 Å². The number of hydrogen-bond donors (Lipinski definition) is 2. The van der Waals surface area contributed by atoms with Crippen LogP contribution in [0.15, 0.2) is 30.5 Å². The molecule has 0 atom stereocenters. The van der Waals surface area contributed by atoms with E-state index in [1.54, 1.807) is 10.9 Å². The van der Waals surface area contributed by atoms with Crippen molar-refractivity contribution in [1.82, 2.24) is 19.7 Å². The second kappa shape index (κ2) is 7.82. The van der Waals surface area contributed by atoms with Gasteiger partial charge in [0.25, 0.3) is 0 Å². The van der Waals surface area contributed by atoms with Crippen molar-refractivity contribution in [3.8, 4) is 5.75 Å². The summed E-state index contributed by atoms with van der Waals surface area (Å²) in [4.78, 5) is 9.43. The van der Waals surface area contributed by atoms with Crippen LogP contribution in [0, 0.1) is 0 Å². The Kier molecular flexibility index (Phi) is 5.09. The summed E-state index contributed by atoms with van der Waals surface area (Å²) >= 11 is 0. The Morgan fingerprint density at radius 3 is 2.63 bits per heavy atom. The van der Waals surface area contributed by atoms with Crippen LogP contribution in [0.25, 0.3) is 11.0 Å². The second-order valence-electron chi connectivity index (χ2n) is 6.96. The number of aromatic nitrogens is 4. The van der Waals surface area contributed by atoms with Gasteiger partial charge in [-0.1, -0.05) is 19.3 Å².